The molecule has 0 amide bonds. The summed E-state index contributed by atoms with van der Waals surface area (Å²) >= 11 is 0. The second kappa shape index (κ2) is 6.00. The summed E-state index contributed by atoms with van der Waals surface area (Å²) in [7, 11) is 0. The van der Waals surface area contributed by atoms with Crippen molar-refractivity contribution in [2.24, 2.45) is 0 Å². The molecule has 0 bridgehead atoms. The van der Waals surface area contributed by atoms with E-state index in [-0.39, 0.29) is 24.8 Å². The van der Waals surface area contributed by atoms with E-state index >= 15 is 0 Å². The molecular weight excluding hydrogens is 199 g/mol. The standard InChI is InChI=1S/C7H14N2O.2ClH/c1-2-8-3-6(1)9-7-4-10-5-7;;/h6-9H,1-5H2;2*1H. The fraction of sp³-hybridized carbons (Fsp3) is 1.00. The minimum absolute atomic E-state index is 0. The molecule has 2 saturated heterocycles. The number of rotatable bonds is 2. The van der Waals surface area contributed by atoms with Crippen molar-refractivity contribution in [3.63, 3.8) is 0 Å². The summed E-state index contributed by atoms with van der Waals surface area (Å²) < 4.78 is 5.06. The molecule has 2 aliphatic rings. The van der Waals surface area contributed by atoms with Crippen LogP contribution < -0.4 is 10.6 Å². The van der Waals surface area contributed by atoms with Gasteiger partial charge >= 0.3 is 0 Å². The monoisotopic (exact) mass is 214 g/mol. The van der Waals surface area contributed by atoms with Crippen LogP contribution in [0.2, 0.25) is 0 Å². The minimum atomic E-state index is 0. The first-order chi connectivity index (χ1) is 4.95. The summed E-state index contributed by atoms with van der Waals surface area (Å²) in [4.78, 5) is 0. The van der Waals surface area contributed by atoms with Crippen molar-refractivity contribution in [3.8, 4) is 0 Å². The van der Waals surface area contributed by atoms with Crippen LogP contribution in [-0.4, -0.2) is 38.4 Å². The van der Waals surface area contributed by atoms with E-state index in [0.717, 1.165) is 19.8 Å². The molecule has 2 N–H and O–H groups in total. The third-order valence-electron chi connectivity index (χ3n) is 2.17. The Hall–Kier alpha value is 0.460. The summed E-state index contributed by atoms with van der Waals surface area (Å²) in [6, 6.07) is 1.35. The maximum atomic E-state index is 5.06. The Bertz CT molecular complexity index is 116. The van der Waals surface area contributed by atoms with Crippen LogP contribution in [-0.2, 0) is 4.74 Å². The molecule has 2 rings (SSSR count). The lowest BCUT2D eigenvalue weighted by Gasteiger charge is -2.29. The van der Waals surface area contributed by atoms with Crippen LogP contribution in [0.4, 0.5) is 0 Å². The van der Waals surface area contributed by atoms with E-state index in [4.69, 9.17) is 4.74 Å². The zero-order valence-electron chi connectivity index (χ0n) is 6.91. The first-order valence-electron chi connectivity index (χ1n) is 3.99. The van der Waals surface area contributed by atoms with Crippen molar-refractivity contribution < 1.29 is 4.74 Å². The number of halogens is 2. The Balaban J connectivity index is 0.000000605. The summed E-state index contributed by atoms with van der Waals surface area (Å²) in [5.74, 6) is 0. The van der Waals surface area contributed by atoms with E-state index in [9.17, 15) is 0 Å². The lowest BCUT2D eigenvalue weighted by molar-refractivity contribution is -0.00902. The Morgan fingerprint density at radius 2 is 1.92 bits per heavy atom. The molecule has 5 heteroatoms. The predicted octanol–water partition coefficient (Wildman–Crippen LogP) is 0.180. The van der Waals surface area contributed by atoms with Crippen molar-refractivity contribution in [2.45, 2.75) is 18.5 Å². The van der Waals surface area contributed by atoms with Gasteiger partial charge in [0.2, 0.25) is 0 Å². The van der Waals surface area contributed by atoms with Gasteiger partial charge in [0.25, 0.3) is 0 Å². The second-order valence-corrected chi connectivity index (χ2v) is 3.09. The average Bonchev–Trinajstić information content (AvgIpc) is 2.29. The number of nitrogens with one attached hydrogen (secondary N) is 2. The van der Waals surface area contributed by atoms with Gasteiger partial charge in [-0.2, -0.15) is 0 Å². The molecule has 1 atom stereocenters. The summed E-state index contributed by atoms with van der Waals surface area (Å²) in [5.41, 5.74) is 0. The lowest BCUT2D eigenvalue weighted by atomic mass is 10.2. The van der Waals surface area contributed by atoms with E-state index in [2.05, 4.69) is 10.6 Å². The summed E-state index contributed by atoms with van der Waals surface area (Å²) in [6.07, 6.45) is 1.27. The van der Waals surface area contributed by atoms with Crippen LogP contribution in [0.3, 0.4) is 0 Å². The van der Waals surface area contributed by atoms with Crippen molar-refractivity contribution in [2.75, 3.05) is 26.3 Å². The number of ether oxygens (including phenoxy) is 1. The molecule has 1 unspecified atom stereocenters. The SMILES string of the molecule is C1CC(NC2COC2)CN1.Cl.Cl. The van der Waals surface area contributed by atoms with Gasteiger partial charge in [-0.3, -0.25) is 0 Å². The lowest BCUT2D eigenvalue weighted by Crippen LogP contribution is -2.50. The molecule has 3 nitrogen and oxygen atoms in total. The van der Waals surface area contributed by atoms with Crippen LogP contribution in [0.5, 0.6) is 0 Å². The smallest absolute Gasteiger partial charge is 0.0643 e. The zero-order chi connectivity index (χ0) is 6.81. The van der Waals surface area contributed by atoms with E-state index in [1.54, 1.807) is 0 Å². The third kappa shape index (κ3) is 3.07. The maximum absolute atomic E-state index is 5.06. The van der Waals surface area contributed by atoms with E-state index in [1.807, 2.05) is 0 Å². The molecule has 0 aromatic rings. The average molecular weight is 215 g/mol. The Kier molecular flexibility index (Phi) is 6.23. The Morgan fingerprint density at radius 3 is 2.33 bits per heavy atom. The molecule has 0 radical (unpaired) electrons. The van der Waals surface area contributed by atoms with Gasteiger partial charge in [0.1, 0.15) is 0 Å². The van der Waals surface area contributed by atoms with Gasteiger partial charge < -0.3 is 15.4 Å². The molecule has 2 aliphatic heterocycles. The van der Waals surface area contributed by atoms with Gasteiger partial charge in [-0.15, -0.1) is 24.8 Å². The normalized spacial score (nSPS) is 28.5. The highest BCUT2D eigenvalue weighted by Crippen LogP contribution is 2.04. The first-order valence-corrected chi connectivity index (χ1v) is 3.99. The fourth-order valence-corrected chi connectivity index (χ4v) is 1.46. The quantitative estimate of drug-likeness (QED) is 0.689. The van der Waals surface area contributed by atoms with Gasteiger partial charge in [-0.25, -0.2) is 0 Å². The van der Waals surface area contributed by atoms with Crippen LogP contribution in [0.1, 0.15) is 6.42 Å². The first kappa shape index (κ1) is 12.5. The maximum Gasteiger partial charge on any atom is 0.0643 e. The molecule has 0 aliphatic carbocycles. The molecule has 0 aromatic carbocycles. The highest BCUT2D eigenvalue weighted by atomic mass is 35.5. The predicted molar refractivity (Wildman–Crippen MR) is 53.5 cm³/mol. The molecule has 2 fully saturated rings. The second-order valence-electron chi connectivity index (χ2n) is 3.09. The van der Waals surface area contributed by atoms with E-state index in [1.165, 1.54) is 13.0 Å². The molecule has 0 saturated carbocycles. The largest absolute Gasteiger partial charge is 0.378 e. The Morgan fingerprint density at radius 1 is 1.17 bits per heavy atom. The van der Waals surface area contributed by atoms with Gasteiger partial charge in [0, 0.05) is 12.6 Å². The number of hydrogen-bond donors (Lipinski definition) is 2. The van der Waals surface area contributed by atoms with Gasteiger partial charge in [0.15, 0.2) is 0 Å². The number of hydrogen-bond acceptors (Lipinski definition) is 3. The van der Waals surface area contributed by atoms with Crippen molar-refractivity contribution >= 4 is 24.8 Å². The van der Waals surface area contributed by atoms with Crippen molar-refractivity contribution in [3.05, 3.63) is 0 Å². The molecule has 0 spiro atoms. The zero-order valence-corrected chi connectivity index (χ0v) is 8.55. The highest BCUT2D eigenvalue weighted by Gasteiger charge is 2.23. The van der Waals surface area contributed by atoms with Crippen LogP contribution in [0.25, 0.3) is 0 Å². The van der Waals surface area contributed by atoms with E-state index in [0.29, 0.717) is 12.1 Å². The molecule has 74 valence electrons. The fourth-order valence-electron chi connectivity index (χ4n) is 1.46. The Labute approximate surface area is 85.4 Å². The van der Waals surface area contributed by atoms with Crippen LogP contribution in [0.15, 0.2) is 0 Å². The third-order valence-corrected chi connectivity index (χ3v) is 2.17. The molecular formula is C7H16Cl2N2O. The van der Waals surface area contributed by atoms with Gasteiger partial charge in [-0.05, 0) is 13.0 Å². The van der Waals surface area contributed by atoms with Crippen molar-refractivity contribution in [1.29, 1.82) is 0 Å². The van der Waals surface area contributed by atoms with Crippen molar-refractivity contribution in [1.82, 2.24) is 10.6 Å². The minimum Gasteiger partial charge on any atom is -0.378 e. The summed E-state index contributed by atoms with van der Waals surface area (Å²) in [5, 5.41) is 6.85. The molecule has 0 aromatic heterocycles. The molecule has 2 heterocycles. The van der Waals surface area contributed by atoms with Gasteiger partial charge in [-0.1, -0.05) is 0 Å². The topological polar surface area (TPSA) is 33.3 Å². The highest BCUT2D eigenvalue weighted by molar-refractivity contribution is 5.85. The van der Waals surface area contributed by atoms with Crippen LogP contribution in [0, 0.1) is 0 Å². The summed E-state index contributed by atoms with van der Waals surface area (Å²) in [6.45, 7) is 4.13. The molecule has 12 heavy (non-hydrogen) atoms. The van der Waals surface area contributed by atoms with Crippen LogP contribution >= 0.6 is 24.8 Å². The van der Waals surface area contributed by atoms with E-state index < -0.39 is 0 Å². The van der Waals surface area contributed by atoms with Gasteiger partial charge in [0.05, 0.1) is 19.3 Å².